The lowest BCUT2D eigenvalue weighted by atomic mass is 9.92. The number of Topliss-reactive ketones (excluding diaryl/α,β-unsaturated/α-hetero) is 1. The van der Waals surface area contributed by atoms with Crippen molar-refractivity contribution in [2.24, 2.45) is 5.92 Å². The molecule has 0 spiro atoms. The minimum atomic E-state index is 0.0456. The first-order valence-electron chi connectivity index (χ1n) is 5.00. The number of carbonyl (C=O) groups is 1. The largest absolute Gasteiger partial charge is 0.492 e. The molecule has 0 amide bonds. The first-order chi connectivity index (χ1) is 6.72. The minimum absolute atomic E-state index is 0.0456. The number of benzene rings is 1. The number of ketones is 1. The van der Waals surface area contributed by atoms with E-state index in [1.807, 2.05) is 32.0 Å². The van der Waals surface area contributed by atoms with E-state index in [1.54, 1.807) is 0 Å². The maximum Gasteiger partial charge on any atom is 0.173 e. The van der Waals surface area contributed by atoms with E-state index in [0.29, 0.717) is 6.61 Å². The molecule has 0 radical (unpaired) electrons. The highest BCUT2D eigenvalue weighted by Crippen LogP contribution is 2.29. The minimum Gasteiger partial charge on any atom is -0.492 e. The third-order valence-electron chi connectivity index (χ3n) is 2.70. The molecule has 0 N–H and O–H groups in total. The Bertz CT molecular complexity index is 369. The number of ether oxygens (including phenoxy) is 1. The van der Waals surface area contributed by atoms with Gasteiger partial charge >= 0.3 is 0 Å². The normalized spacial score (nSPS) is 20.1. The van der Waals surface area contributed by atoms with Crippen molar-refractivity contribution in [2.45, 2.75) is 20.3 Å². The van der Waals surface area contributed by atoms with Gasteiger partial charge in [0, 0.05) is 0 Å². The van der Waals surface area contributed by atoms with Gasteiger partial charge in [-0.2, -0.15) is 0 Å². The Kier molecular flexibility index (Phi) is 2.28. The van der Waals surface area contributed by atoms with Crippen molar-refractivity contribution in [2.75, 3.05) is 6.61 Å². The van der Waals surface area contributed by atoms with Crippen LogP contribution in [-0.2, 0) is 0 Å². The highest BCUT2D eigenvalue weighted by molar-refractivity contribution is 6.01. The van der Waals surface area contributed by atoms with Gasteiger partial charge < -0.3 is 4.74 Å². The van der Waals surface area contributed by atoms with Crippen LogP contribution in [0.5, 0.6) is 5.75 Å². The van der Waals surface area contributed by atoms with Gasteiger partial charge in [-0.3, -0.25) is 4.79 Å². The van der Waals surface area contributed by atoms with Crippen LogP contribution >= 0.6 is 0 Å². The Morgan fingerprint density at radius 3 is 3.00 bits per heavy atom. The summed E-state index contributed by atoms with van der Waals surface area (Å²) in [6.45, 7) is 4.54. The topological polar surface area (TPSA) is 26.3 Å². The summed E-state index contributed by atoms with van der Waals surface area (Å²) in [6.07, 6.45) is 0.853. The Morgan fingerprint density at radius 1 is 1.50 bits per heavy atom. The average molecular weight is 190 g/mol. The number of carbonyl (C=O) groups excluding carboxylic acids is 1. The van der Waals surface area contributed by atoms with Crippen LogP contribution in [0.3, 0.4) is 0 Å². The number of hydrogen-bond acceptors (Lipinski definition) is 2. The van der Waals surface area contributed by atoms with Crippen LogP contribution < -0.4 is 4.74 Å². The fourth-order valence-electron chi connectivity index (χ4n) is 1.75. The fraction of sp³-hybridized carbons (Fsp3) is 0.417. The van der Waals surface area contributed by atoms with E-state index in [9.17, 15) is 4.79 Å². The molecule has 0 fully saturated rings. The Balaban J connectivity index is 2.43. The van der Waals surface area contributed by atoms with Crippen molar-refractivity contribution in [1.82, 2.24) is 0 Å². The van der Waals surface area contributed by atoms with E-state index in [1.165, 1.54) is 0 Å². The molecule has 0 saturated heterocycles. The predicted octanol–water partition coefficient (Wildman–Crippen LogP) is 2.60. The lowest BCUT2D eigenvalue weighted by Crippen LogP contribution is -2.27. The molecule has 2 nitrogen and oxygen atoms in total. The molecule has 2 rings (SSSR count). The molecule has 14 heavy (non-hydrogen) atoms. The van der Waals surface area contributed by atoms with Crippen LogP contribution in [0.4, 0.5) is 0 Å². The summed E-state index contributed by atoms with van der Waals surface area (Å²) in [7, 11) is 0. The van der Waals surface area contributed by atoms with E-state index in [-0.39, 0.29) is 11.7 Å². The number of aryl methyl sites for hydroxylation is 1. The van der Waals surface area contributed by atoms with Crippen molar-refractivity contribution in [3.8, 4) is 5.75 Å². The highest BCUT2D eigenvalue weighted by Gasteiger charge is 2.27. The fourth-order valence-corrected chi connectivity index (χ4v) is 1.75. The van der Waals surface area contributed by atoms with E-state index < -0.39 is 0 Å². The molecule has 1 aromatic rings. The van der Waals surface area contributed by atoms with Gasteiger partial charge in [0.25, 0.3) is 0 Å². The first-order valence-corrected chi connectivity index (χ1v) is 5.00. The second-order valence-electron chi connectivity index (χ2n) is 3.78. The smallest absolute Gasteiger partial charge is 0.173 e. The molecule has 74 valence electrons. The van der Waals surface area contributed by atoms with Gasteiger partial charge in [0.05, 0.1) is 18.1 Å². The van der Waals surface area contributed by atoms with Crippen LogP contribution in [0.2, 0.25) is 0 Å². The van der Waals surface area contributed by atoms with Crippen LogP contribution in [0.1, 0.15) is 29.3 Å². The molecule has 0 aliphatic carbocycles. The highest BCUT2D eigenvalue weighted by atomic mass is 16.5. The summed E-state index contributed by atoms with van der Waals surface area (Å²) < 4.78 is 5.53. The molecule has 1 aliphatic heterocycles. The van der Waals surface area contributed by atoms with Gasteiger partial charge in [-0.05, 0) is 25.5 Å². The van der Waals surface area contributed by atoms with Crippen molar-refractivity contribution in [3.63, 3.8) is 0 Å². The van der Waals surface area contributed by atoms with Gasteiger partial charge in [0.1, 0.15) is 5.75 Å². The van der Waals surface area contributed by atoms with Crippen molar-refractivity contribution in [3.05, 3.63) is 29.3 Å². The standard InChI is InChI=1S/C12H14O2/c1-3-9-7-14-11-5-4-8(2)6-10(11)12(9)13/h4-6,9H,3,7H2,1-2H3. The predicted molar refractivity (Wildman–Crippen MR) is 54.8 cm³/mol. The van der Waals surface area contributed by atoms with Crippen LogP contribution in [-0.4, -0.2) is 12.4 Å². The zero-order valence-electron chi connectivity index (χ0n) is 8.54. The molecule has 0 saturated carbocycles. The third-order valence-corrected chi connectivity index (χ3v) is 2.70. The lowest BCUT2D eigenvalue weighted by Gasteiger charge is -2.23. The van der Waals surface area contributed by atoms with E-state index in [4.69, 9.17) is 4.74 Å². The maximum absolute atomic E-state index is 11.9. The molecule has 1 atom stereocenters. The lowest BCUT2D eigenvalue weighted by molar-refractivity contribution is 0.0826. The number of rotatable bonds is 1. The molecule has 0 aromatic heterocycles. The molecule has 1 unspecified atom stereocenters. The quantitative estimate of drug-likeness (QED) is 0.680. The van der Waals surface area contributed by atoms with Gasteiger partial charge in [-0.15, -0.1) is 0 Å². The van der Waals surface area contributed by atoms with E-state index in [2.05, 4.69) is 0 Å². The maximum atomic E-state index is 11.9. The molecule has 2 heteroatoms. The number of fused-ring (bicyclic) bond motifs is 1. The first kappa shape index (κ1) is 9.25. The molecule has 1 aromatic carbocycles. The van der Waals surface area contributed by atoms with Crippen molar-refractivity contribution >= 4 is 5.78 Å². The second kappa shape index (κ2) is 3.45. The molecule has 1 heterocycles. The Labute approximate surface area is 83.9 Å². The number of hydrogen-bond donors (Lipinski definition) is 0. The Hall–Kier alpha value is -1.31. The summed E-state index contributed by atoms with van der Waals surface area (Å²) in [6, 6.07) is 5.77. The Morgan fingerprint density at radius 2 is 2.29 bits per heavy atom. The summed E-state index contributed by atoms with van der Waals surface area (Å²) in [5, 5.41) is 0. The molecule has 0 bridgehead atoms. The monoisotopic (exact) mass is 190 g/mol. The SMILES string of the molecule is CCC1COc2ccc(C)cc2C1=O. The summed E-state index contributed by atoms with van der Waals surface area (Å²) in [4.78, 5) is 11.9. The third kappa shape index (κ3) is 1.41. The van der Waals surface area contributed by atoms with Crippen LogP contribution in [0, 0.1) is 12.8 Å². The average Bonchev–Trinajstić information content (AvgIpc) is 2.20. The summed E-state index contributed by atoms with van der Waals surface area (Å²) in [5.74, 6) is 1.02. The van der Waals surface area contributed by atoms with Gasteiger partial charge in [0.15, 0.2) is 5.78 Å². The second-order valence-corrected chi connectivity index (χ2v) is 3.78. The van der Waals surface area contributed by atoms with Gasteiger partial charge in [-0.1, -0.05) is 18.6 Å². The van der Waals surface area contributed by atoms with E-state index in [0.717, 1.165) is 23.3 Å². The van der Waals surface area contributed by atoms with Crippen LogP contribution in [0.25, 0.3) is 0 Å². The molecular formula is C12H14O2. The van der Waals surface area contributed by atoms with Crippen LogP contribution in [0.15, 0.2) is 18.2 Å². The summed E-state index contributed by atoms with van der Waals surface area (Å²) in [5.41, 5.74) is 1.86. The zero-order valence-corrected chi connectivity index (χ0v) is 8.54. The van der Waals surface area contributed by atoms with E-state index >= 15 is 0 Å². The molecule has 1 aliphatic rings. The van der Waals surface area contributed by atoms with Gasteiger partial charge in [-0.25, -0.2) is 0 Å². The van der Waals surface area contributed by atoms with Crippen molar-refractivity contribution in [1.29, 1.82) is 0 Å². The molecular weight excluding hydrogens is 176 g/mol. The summed E-state index contributed by atoms with van der Waals surface area (Å²) >= 11 is 0. The van der Waals surface area contributed by atoms with Gasteiger partial charge in [0.2, 0.25) is 0 Å². The van der Waals surface area contributed by atoms with Crippen molar-refractivity contribution < 1.29 is 9.53 Å². The zero-order chi connectivity index (χ0) is 10.1.